The van der Waals surface area contributed by atoms with E-state index in [2.05, 4.69) is 4.90 Å². The molecule has 7 nitrogen and oxygen atoms in total. The second-order valence-electron chi connectivity index (χ2n) is 6.75. The van der Waals surface area contributed by atoms with Crippen molar-refractivity contribution in [2.45, 2.75) is 26.7 Å². The lowest BCUT2D eigenvalue weighted by atomic mass is 9.81. The second kappa shape index (κ2) is 12.0. The van der Waals surface area contributed by atoms with Gasteiger partial charge >= 0.3 is 0 Å². The molecule has 0 unspecified atom stereocenters. The van der Waals surface area contributed by atoms with E-state index in [0.717, 1.165) is 25.9 Å². The van der Waals surface area contributed by atoms with Crippen LogP contribution in [-0.2, 0) is 14.3 Å². The molecule has 0 aromatic rings. The highest BCUT2D eigenvalue weighted by molar-refractivity contribution is 5.85. The number of rotatable bonds is 6. The number of morpholine rings is 1. The third kappa shape index (κ3) is 5.96. The van der Waals surface area contributed by atoms with Gasteiger partial charge in [-0.05, 0) is 12.8 Å². The summed E-state index contributed by atoms with van der Waals surface area (Å²) in [5, 5.41) is 0. The second-order valence-corrected chi connectivity index (χ2v) is 6.75. The summed E-state index contributed by atoms with van der Waals surface area (Å²) in [5.41, 5.74) is 5.47. The van der Waals surface area contributed by atoms with Gasteiger partial charge in [-0.15, -0.1) is 24.8 Å². The van der Waals surface area contributed by atoms with Crippen molar-refractivity contribution < 1.29 is 14.3 Å². The third-order valence-electron chi connectivity index (χ3n) is 5.58. The van der Waals surface area contributed by atoms with Crippen molar-refractivity contribution in [1.82, 2.24) is 14.7 Å². The first-order valence-electron chi connectivity index (χ1n) is 9.13. The number of hydrogen-bond donors (Lipinski definition) is 1. The van der Waals surface area contributed by atoms with Crippen molar-refractivity contribution in [3.8, 4) is 0 Å². The number of hydrogen-bond acceptors (Lipinski definition) is 5. The van der Waals surface area contributed by atoms with Gasteiger partial charge in [0.2, 0.25) is 11.8 Å². The summed E-state index contributed by atoms with van der Waals surface area (Å²) < 4.78 is 5.28. The van der Waals surface area contributed by atoms with Crippen molar-refractivity contribution in [1.29, 1.82) is 0 Å². The molecule has 2 saturated heterocycles. The number of halogens is 2. The van der Waals surface area contributed by atoms with Crippen molar-refractivity contribution in [3.05, 3.63) is 0 Å². The van der Waals surface area contributed by atoms with Crippen LogP contribution in [0.15, 0.2) is 0 Å². The first kappa shape index (κ1) is 25.4. The standard InChI is InChI=1S/C17H32N4O3.2ClH/c1-3-17(4-2,14-18)16(23)21-7-5-19(6-8-21)13-15(22)20-9-11-24-12-10-20;;/h3-14,18H2,1-2H3;2*1H. The fourth-order valence-corrected chi connectivity index (χ4v) is 3.48. The largest absolute Gasteiger partial charge is 0.378 e. The summed E-state index contributed by atoms with van der Waals surface area (Å²) in [7, 11) is 0. The molecule has 0 bridgehead atoms. The summed E-state index contributed by atoms with van der Waals surface area (Å²) in [6.07, 6.45) is 1.54. The zero-order chi connectivity index (χ0) is 17.6. The maximum Gasteiger partial charge on any atom is 0.236 e. The fourth-order valence-electron chi connectivity index (χ4n) is 3.48. The van der Waals surface area contributed by atoms with Crippen LogP contribution in [-0.4, -0.2) is 92.1 Å². The summed E-state index contributed by atoms with van der Waals surface area (Å²) in [6, 6.07) is 0. The Morgan fingerprint density at radius 3 is 1.92 bits per heavy atom. The van der Waals surface area contributed by atoms with E-state index in [0.29, 0.717) is 52.5 Å². The first-order chi connectivity index (χ1) is 11.6. The summed E-state index contributed by atoms with van der Waals surface area (Å²) in [5.74, 6) is 0.339. The predicted octanol–water partition coefficient (Wildman–Crippen LogP) is 0.598. The molecule has 2 aliphatic heterocycles. The quantitative estimate of drug-likeness (QED) is 0.690. The smallest absolute Gasteiger partial charge is 0.236 e. The lowest BCUT2D eigenvalue weighted by Crippen LogP contribution is -2.56. The monoisotopic (exact) mass is 412 g/mol. The van der Waals surface area contributed by atoms with Crippen molar-refractivity contribution >= 4 is 36.6 Å². The molecule has 2 fully saturated rings. The van der Waals surface area contributed by atoms with E-state index in [1.54, 1.807) is 0 Å². The van der Waals surface area contributed by atoms with Crippen LogP contribution in [0.2, 0.25) is 0 Å². The molecule has 2 N–H and O–H groups in total. The molecule has 2 heterocycles. The molecule has 0 spiro atoms. The minimum Gasteiger partial charge on any atom is -0.378 e. The Morgan fingerprint density at radius 1 is 0.923 bits per heavy atom. The van der Waals surface area contributed by atoms with Crippen LogP contribution < -0.4 is 5.73 Å². The number of nitrogens with two attached hydrogens (primary N) is 1. The number of nitrogens with zero attached hydrogens (tertiary/aromatic N) is 3. The molecule has 0 aliphatic carbocycles. The van der Waals surface area contributed by atoms with E-state index in [9.17, 15) is 9.59 Å². The molecule has 26 heavy (non-hydrogen) atoms. The Morgan fingerprint density at radius 2 is 1.46 bits per heavy atom. The third-order valence-corrected chi connectivity index (χ3v) is 5.58. The maximum absolute atomic E-state index is 12.8. The molecule has 2 aliphatic rings. The first-order valence-corrected chi connectivity index (χ1v) is 9.13. The molecule has 0 radical (unpaired) electrons. The van der Waals surface area contributed by atoms with E-state index in [-0.39, 0.29) is 36.6 Å². The Bertz CT molecular complexity index is 427. The number of carbonyl (C=O) groups is 2. The molecule has 0 aromatic heterocycles. The van der Waals surface area contributed by atoms with Gasteiger partial charge in [0.15, 0.2) is 0 Å². The number of amides is 2. The molecule has 154 valence electrons. The van der Waals surface area contributed by atoms with Gasteiger partial charge in [0.25, 0.3) is 0 Å². The summed E-state index contributed by atoms with van der Waals surface area (Å²) in [6.45, 7) is 10.4. The van der Waals surface area contributed by atoms with Crippen molar-refractivity contribution in [3.63, 3.8) is 0 Å². The van der Waals surface area contributed by atoms with Gasteiger partial charge in [-0.2, -0.15) is 0 Å². The lowest BCUT2D eigenvalue weighted by molar-refractivity contribution is -0.144. The highest BCUT2D eigenvalue weighted by Gasteiger charge is 2.38. The molecular formula is C17H34Cl2N4O3. The molecule has 0 saturated carbocycles. The Balaban J connectivity index is 0.00000312. The molecule has 2 rings (SSSR count). The minimum atomic E-state index is -0.425. The van der Waals surface area contributed by atoms with Crippen LogP contribution in [0, 0.1) is 5.41 Å². The van der Waals surface area contributed by atoms with Gasteiger partial charge in [0, 0.05) is 45.8 Å². The Hall–Kier alpha value is -0.600. The van der Waals surface area contributed by atoms with Crippen LogP contribution in [0.4, 0.5) is 0 Å². The van der Waals surface area contributed by atoms with Gasteiger partial charge in [-0.1, -0.05) is 13.8 Å². The zero-order valence-corrected chi connectivity index (χ0v) is 17.6. The minimum absolute atomic E-state index is 0. The van der Waals surface area contributed by atoms with Gasteiger partial charge in [-0.25, -0.2) is 0 Å². The van der Waals surface area contributed by atoms with Crippen LogP contribution in [0.1, 0.15) is 26.7 Å². The van der Waals surface area contributed by atoms with Crippen LogP contribution in [0.25, 0.3) is 0 Å². The highest BCUT2D eigenvalue weighted by Crippen LogP contribution is 2.28. The molecular weight excluding hydrogens is 379 g/mol. The fraction of sp³-hybridized carbons (Fsp3) is 0.882. The van der Waals surface area contributed by atoms with E-state index < -0.39 is 5.41 Å². The van der Waals surface area contributed by atoms with Gasteiger partial charge in [0.05, 0.1) is 25.2 Å². The van der Waals surface area contributed by atoms with Crippen molar-refractivity contribution in [2.24, 2.45) is 11.1 Å². The maximum atomic E-state index is 12.8. The summed E-state index contributed by atoms with van der Waals surface area (Å²) in [4.78, 5) is 31.1. The highest BCUT2D eigenvalue weighted by atomic mass is 35.5. The van der Waals surface area contributed by atoms with Gasteiger partial charge in [0.1, 0.15) is 0 Å². The SMILES string of the molecule is CCC(CC)(CN)C(=O)N1CCN(CC(=O)N2CCOCC2)CC1.Cl.Cl. The van der Waals surface area contributed by atoms with E-state index in [4.69, 9.17) is 10.5 Å². The van der Waals surface area contributed by atoms with E-state index >= 15 is 0 Å². The Kier molecular flexibility index (Phi) is 11.7. The van der Waals surface area contributed by atoms with Crippen LogP contribution >= 0.6 is 24.8 Å². The lowest BCUT2D eigenvalue weighted by Gasteiger charge is -2.40. The average molecular weight is 413 g/mol. The number of carbonyl (C=O) groups excluding carboxylic acids is 2. The zero-order valence-electron chi connectivity index (χ0n) is 15.9. The molecule has 0 aromatic carbocycles. The molecule has 2 amide bonds. The average Bonchev–Trinajstić information content (AvgIpc) is 2.65. The van der Waals surface area contributed by atoms with E-state index in [1.807, 2.05) is 23.6 Å². The summed E-state index contributed by atoms with van der Waals surface area (Å²) >= 11 is 0. The van der Waals surface area contributed by atoms with Crippen molar-refractivity contribution in [2.75, 3.05) is 65.6 Å². The van der Waals surface area contributed by atoms with Gasteiger partial charge < -0.3 is 20.3 Å². The Labute approximate surface area is 169 Å². The molecule has 0 atom stereocenters. The number of ether oxygens (including phenoxy) is 1. The van der Waals surface area contributed by atoms with Crippen LogP contribution in [0.3, 0.4) is 0 Å². The van der Waals surface area contributed by atoms with E-state index in [1.165, 1.54) is 0 Å². The number of piperazine rings is 1. The predicted molar refractivity (Wildman–Crippen MR) is 107 cm³/mol. The van der Waals surface area contributed by atoms with Gasteiger partial charge in [-0.3, -0.25) is 14.5 Å². The normalized spacial score (nSPS) is 18.7. The topological polar surface area (TPSA) is 79.1 Å². The molecule has 9 heteroatoms. The van der Waals surface area contributed by atoms with Crippen LogP contribution in [0.5, 0.6) is 0 Å².